The molecule has 1 aromatic heterocycles. The van der Waals surface area contributed by atoms with Gasteiger partial charge in [0, 0.05) is 13.1 Å². The molecule has 120 valence electrons. The maximum Gasteiger partial charge on any atom is 0.318 e. The zero-order valence-corrected chi connectivity index (χ0v) is 13.8. The second kappa shape index (κ2) is 8.37. The largest absolute Gasteiger partial charge is 0.407 e. The third-order valence-electron chi connectivity index (χ3n) is 4.10. The molecule has 2 rings (SSSR count). The lowest BCUT2D eigenvalue weighted by Crippen LogP contribution is -2.24. The first-order valence-electron chi connectivity index (χ1n) is 8.47. The van der Waals surface area contributed by atoms with Gasteiger partial charge in [-0.15, -0.1) is 5.10 Å². The Kier molecular flexibility index (Phi) is 6.49. The van der Waals surface area contributed by atoms with Crippen LogP contribution in [0.25, 0.3) is 0 Å². The fourth-order valence-electron chi connectivity index (χ4n) is 2.97. The average Bonchev–Trinajstić information content (AvgIpc) is 2.78. The highest BCUT2D eigenvalue weighted by molar-refractivity contribution is 5.24. The van der Waals surface area contributed by atoms with Crippen LogP contribution in [0.4, 0.5) is 6.01 Å². The van der Waals surface area contributed by atoms with Crippen molar-refractivity contribution in [3.63, 3.8) is 0 Å². The molecule has 1 saturated heterocycles. The van der Waals surface area contributed by atoms with Crippen molar-refractivity contribution in [3.05, 3.63) is 5.89 Å². The summed E-state index contributed by atoms with van der Waals surface area (Å²) >= 11 is 0. The van der Waals surface area contributed by atoms with Crippen LogP contribution >= 0.6 is 0 Å². The van der Waals surface area contributed by atoms with Crippen molar-refractivity contribution in [2.45, 2.75) is 59.4 Å². The van der Waals surface area contributed by atoms with E-state index in [4.69, 9.17) is 4.42 Å². The Labute approximate surface area is 128 Å². The number of nitrogens with zero attached hydrogens (tertiary/aromatic N) is 3. The normalized spacial score (nSPS) is 20.0. The van der Waals surface area contributed by atoms with E-state index in [2.05, 4.69) is 41.2 Å². The first kappa shape index (κ1) is 16.3. The standard InChI is InChI=1S/C16H30N4O/c1-4-6-14-7-5-9-20(10-8-14)16-19-18-15(21-16)12-17-11-13(2)3/h13-14,17H,4-12H2,1-3H3. The van der Waals surface area contributed by atoms with Crippen LogP contribution in [-0.4, -0.2) is 29.8 Å². The van der Waals surface area contributed by atoms with Crippen molar-refractivity contribution in [2.75, 3.05) is 24.5 Å². The quantitative estimate of drug-likeness (QED) is 0.837. The zero-order chi connectivity index (χ0) is 15.1. The highest BCUT2D eigenvalue weighted by Gasteiger charge is 2.20. The van der Waals surface area contributed by atoms with E-state index < -0.39 is 0 Å². The molecule has 0 radical (unpaired) electrons. The maximum absolute atomic E-state index is 5.80. The Bertz CT molecular complexity index is 405. The first-order chi connectivity index (χ1) is 10.2. The topological polar surface area (TPSA) is 54.2 Å². The molecule has 2 heterocycles. The van der Waals surface area contributed by atoms with Crippen LogP contribution in [0.1, 0.15) is 58.8 Å². The molecule has 21 heavy (non-hydrogen) atoms. The van der Waals surface area contributed by atoms with E-state index >= 15 is 0 Å². The predicted octanol–water partition coefficient (Wildman–Crippen LogP) is 3.22. The second-order valence-corrected chi connectivity index (χ2v) is 6.58. The van der Waals surface area contributed by atoms with Crippen molar-refractivity contribution in [3.8, 4) is 0 Å². The highest BCUT2D eigenvalue weighted by atomic mass is 16.4. The molecule has 1 aromatic rings. The molecule has 0 aliphatic carbocycles. The van der Waals surface area contributed by atoms with Gasteiger partial charge in [0.05, 0.1) is 6.54 Å². The van der Waals surface area contributed by atoms with Crippen LogP contribution in [0.3, 0.4) is 0 Å². The third-order valence-corrected chi connectivity index (χ3v) is 4.10. The molecular formula is C16H30N4O. The van der Waals surface area contributed by atoms with Crippen LogP contribution < -0.4 is 10.2 Å². The van der Waals surface area contributed by atoms with E-state index in [-0.39, 0.29) is 0 Å². The van der Waals surface area contributed by atoms with Gasteiger partial charge in [-0.2, -0.15) is 0 Å². The number of anilines is 1. The average molecular weight is 294 g/mol. The molecule has 5 nitrogen and oxygen atoms in total. The van der Waals surface area contributed by atoms with Crippen LogP contribution in [-0.2, 0) is 6.54 Å². The van der Waals surface area contributed by atoms with Crippen molar-refractivity contribution in [1.29, 1.82) is 0 Å². The SMILES string of the molecule is CCCC1CCCN(c2nnc(CNCC(C)C)o2)CC1. The van der Waals surface area contributed by atoms with E-state index in [9.17, 15) is 0 Å². The van der Waals surface area contributed by atoms with Gasteiger partial charge in [0.1, 0.15) is 0 Å². The van der Waals surface area contributed by atoms with E-state index in [1.54, 1.807) is 0 Å². The Hall–Kier alpha value is -1.10. The molecule has 0 amide bonds. The molecule has 1 fully saturated rings. The molecule has 1 N–H and O–H groups in total. The first-order valence-corrected chi connectivity index (χ1v) is 8.47. The Morgan fingerprint density at radius 1 is 1.29 bits per heavy atom. The summed E-state index contributed by atoms with van der Waals surface area (Å²) in [5, 5.41) is 11.7. The fourth-order valence-corrected chi connectivity index (χ4v) is 2.97. The molecule has 1 unspecified atom stereocenters. The van der Waals surface area contributed by atoms with Gasteiger partial charge in [-0.25, -0.2) is 0 Å². The van der Waals surface area contributed by atoms with E-state index in [0.29, 0.717) is 24.4 Å². The molecule has 5 heteroatoms. The lowest BCUT2D eigenvalue weighted by Gasteiger charge is -2.17. The summed E-state index contributed by atoms with van der Waals surface area (Å²) in [6, 6.07) is 0.702. The number of hydrogen-bond donors (Lipinski definition) is 1. The van der Waals surface area contributed by atoms with Gasteiger partial charge in [-0.05, 0) is 37.6 Å². The van der Waals surface area contributed by atoms with Gasteiger partial charge in [-0.1, -0.05) is 38.7 Å². The van der Waals surface area contributed by atoms with Crippen LogP contribution in [0.2, 0.25) is 0 Å². The fraction of sp³-hybridized carbons (Fsp3) is 0.875. The zero-order valence-electron chi connectivity index (χ0n) is 13.8. The van der Waals surface area contributed by atoms with E-state index in [0.717, 1.165) is 25.6 Å². The lowest BCUT2D eigenvalue weighted by molar-refractivity contribution is 0.431. The molecule has 0 spiro atoms. The number of aromatic nitrogens is 2. The van der Waals surface area contributed by atoms with Gasteiger partial charge < -0.3 is 14.6 Å². The number of rotatable bonds is 7. The smallest absolute Gasteiger partial charge is 0.318 e. The Balaban J connectivity index is 1.83. The Morgan fingerprint density at radius 3 is 2.90 bits per heavy atom. The van der Waals surface area contributed by atoms with Gasteiger partial charge in [0.25, 0.3) is 0 Å². The summed E-state index contributed by atoms with van der Waals surface area (Å²) in [4.78, 5) is 2.26. The summed E-state index contributed by atoms with van der Waals surface area (Å²) in [6.45, 7) is 10.4. The summed E-state index contributed by atoms with van der Waals surface area (Å²) in [6.07, 6.45) is 6.45. The molecule has 1 aliphatic rings. The second-order valence-electron chi connectivity index (χ2n) is 6.58. The van der Waals surface area contributed by atoms with Crippen LogP contribution in [0, 0.1) is 11.8 Å². The number of hydrogen-bond acceptors (Lipinski definition) is 5. The van der Waals surface area contributed by atoms with Crippen LogP contribution in [0.15, 0.2) is 4.42 Å². The van der Waals surface area contributed by atoms with Crippen molar-refractivity contribution < 1.29 is 4.42 Å². The molecule has 0 saturated carbocycles. The minimum absolute atomic E-state index is 0.633. The van der Waals surface area contributed by atoms with Gasteiger partial charge in [0.2, 0.25) is 5.89 Å². The Morgan fingerprint density at radius 2 is 2.14 bits per heavy atom. The van der Waals surface area contributed by atoms with E-state index in [1.807, 2.05) is 0 Å². The van der Waals surface area contributed by atoms with Crippen molar-refractivity contribution in [1.82, 2.24) is 15.5 Å². The molecule has 0 bridgehead atoms. The highest BCUT2D eigenvalue weighted by Crippen LogP contribution is 2.24. The predicted molar refractivity (Wildman–Crippen MR) is 85.3 cm³/mol. The van der Waals surface area contributed by atoms with Crippen molar-refractivity contribution >= 4 is 6.01 Å². The summed E-state index contributed by atoms with van der Waals surface area (Å²) in [7, 11) is 0. The minimum Gasteiger partial charge on any atom is -0.407 e. The monoisotopic (exact) mass is 294 g/mol. The molecule has 1 aliphatic heterocycles. The van der Waals surface area contributed by atoms with E-state index in [1.165, 1.54) is 32.1 Å². The summed E-state index contributed by atoms with van der Waals surface area (Å²) in [5.41, 5.74) is 0. The minimum atomic E-state index is 0.633. The maximum atomic E-state index is 5.80. The third kappa shape index (κ3) is 5.30. The van der Waals surface area contributed by atoms with Gasteiger partial charge in [0.15, 0.2) is 0 Å². The van der Waals surface area contributed by atoms with Gasteiger partial charge >= 0.3 is 6.01 Å². The molecule has 1 atom stereocenters. The number of nitrogens with one attached hydrogen (secondary N) is 1. The summed E-state index contributed by atoms with van der Waals surface area (Å²) < 4.78 is 5.80. The summed E-state index contributed by atoms with van der Waals surface area (Å²) in [5.74, 6) is 2.20. The lowest BCUT2D eigenvalue weighted by atomic mass is 9.96. The van der Waals surface area contributed by atoms with Crippen molar-refractivity contribution in [2.24, 2.45) is 11.8 Å². The van der Waals surface area contributed by atoms with Crippen LogP contribution in [0.5, 0.6) is 0 Å². The molecular weight excluding hydrogens is 264 g/mol. The van der Waals surface area contributed by atoms with Gasteiger partial charge in [-0.3, -0.25) is 0 Å². The molecule has 0 aromatic carbocycles.